The lowest BCUT2D eigenvalue weighted by molar-refractivity contribution is -0.116. The van der Waals surface area contributed by atoms with Gasteiger partial charge in [-0.25, -0.2) is 4.99 Å². The van der Waals surface area contributed by atoms with Crippen molar-refractivity contribution in [2.75, 3.05) is 0 Å². The van der Waals surface area contributed by atoms with Crippen molar-refractivity contribution >= 4 is 46.7 Å². The maximum Gasteiger partial charge on any atom is 0.266 e. The number of carbonyl (C=O) groups is 2. The van der Waals surface area contributed by atoms with E-state index < -0.39 is 0 Å². The lowest BCUT2D eigenvalue weighted by Gasteiger charge is -2.21. The predicted molar refractivity (Wildman–Crippen MR) is 94.1 cm³/mol. The van der Waals surface area contributed by atoms with Crippen molar-refractivity contribution in [2.24, 2.45) is 4.99 Å². The van der Waals surface area contributed by atoms with Crippen molar-refractivity contribution in [1.29, 1.82) is 0 Å². The number of hydrogen-bond acceptors (Lipinski definition) is 4. The Bertz CT molecular complexity index is 861. The van der Waals surface area contributed by atoms with E-state index in [1.807, 2.05) is 24.3 Å². The molecule has 2 aliphatic rings. The average molecular weight is 360 g/mol. The molecule has 2 atom stereocenters. The number of fused-ring (bicyclic) bond motifs is 2. The molecule has 1 aromatic heterocycles. The third-order valence-corrected chi connectivity index (χ3v) is 5.65. The van der Waals surface area contributed by atoms with E-state index in [4.69, 9.17) is 11.6 Å². The summed E-state index contributed by atoms with van der Waals surface area (Å²) < 4.78 is 0.685. The first-order chi connectivity index (χ1) is 11.7. The van der Waals surface area contributed by atoms with Crippen molar-refractivity contribution in [3.05, 3.63) is 50.7 Å². The van der Waals surface area contributed by atoms with Crippen LogP contribution >= 0.6 is 22.9 Å². The zero-order valence-corrected chi connectivity index (χ0v) is 14.2. The molecule has 0 bridgehead atoms. The van der Waals surface area contributed by atoms with Gasteiger partial charge in [0, 0.05) is 11.3 Å². The van der Waals surface area contributed by atoms with Crippen LogP contribution in [-0.4, -0.2) is 24.1 Å². The zero-order valence-electron chi connectivity index (χ0n) is 12.6. The van der Waals surface area contributed by atoms with E-state index in [-0.39, 0.29) is 18.0 Å². The molecule has 2 heterocycles. The molecule has 0 radical (unpaired) electrons. The van der Waals surface area contributed by atoms with Crippen LogP contribution in [0.4, 0.5) is 5.69 Å². The Kier molecular flexibility index (Phi) is 3.86. The van der Waals surface area contributed by atoms with E-state index >= 15 is 0 Å². The summed E-state index contributed by atoms with van der Waals surface area (Å²) in [4.78, 5) is 28.9. The van der Waals surface area contributed by atoms with Crippen molar-refractivity contribution in [3.8, 4) is 0 Å². The highest BCUT2D eigenvalue weighted by Gasteiger charge is 2.34. The Morgan fingerprint density at radius 2 is 2.21 bits per heavy atom. The van der Waals surface area contributed by atoms with Gasteiger partial charge in [-0.15, -0.1) is 11.3 Å². The predicted octanol–water partition coefficient (Wildman–Crippen LogP) is 2.56. The van der Waals surface area contributed by atoms with Crippen LogP contribution < -0.4 is 10.6 Å². The van der Waals surface area contributed by atoms with Crippen LogP contribution in [0.5, 0.6) is 0 Å². The molecule has 1 aromatic carbocycles. The highest BCUT2D eigenvalue weighted by atomic mass is 35.5. The van der Waals surface area contributed by atoms with Gasteiger partial charge in [0.2, 0.25) is 6.41 Å². The molecule has 122 valence electrons. The third-order valence-electron chi connectivity index (χ3n) is 4.40. The summed E-state index contributed by atoms with van der Waals surface area (Å²) in [6.07, 6.45) is 1.87. The van der Waals surface area contributed by atoms with Gasteiger partial charge < -0.3 is 10.6 Å². The molecule has 0 saturated carbocycles. The Morgan fingerprint density at radius 1 is 1.38 bits per heavy atom. The molecule has 0 unspecified atom stereocenters. The number of benzene rings is 1. The zero-order chi connectivity index (χ0) is 16.7. The molecule has 7 heteroatoms. The number of nitrogens with zero attached hydrogens (tertiary/aromatic N) is 1. The smallest absolute Gasteiger partial charge is 0.266 e. The fourth-order valence-electron chi connectivity index (χ4n) is 3.34. The molecule has 2 aromatic rings. The largest absolute Gasteiger partial charge is 0.350 e. The monoisotopic (exact) mass is 359 g/mol. The molecule has 1 aliphatic heterocycles. The minimum atomic E-state index is -0.215. The number of nitrogens with one attached hydrogen (secondary N) is 2. The van der Waals surface area contributed by atoms with Gasteiger partial charge in [-0.05, 0) is 23.6 Å². The van der Waals surface area contributed by atoms with E-state index in [0.29, 0.717) is 29.3 Å². The topological polar surface area (TPSA) is 70.6 Å². The van der Waals surface area contributed by atoms with Crippen LogP contribution in [0, 0.1) is 0 Å². The molecular formula is C17H14ClN3O2S. The van der Waals surface area contributed by atoms with Gasteiger partial charge in [0.1, 0.15) is 5.71 Å². The summed E-state index contributed by atoms with van der Waals surface area (Å²) in [5.74, 6) is -0.190. The summed E-state index contributed by atoms with van der Waals surface area (Å²) >= 11 is 7.41. The summed E-state index contributed by atoms with van der Waals surface area (Å²) in [6.45, 7) is 0. The van der Waals surface area contributed by atoms with Crippen LogP contribution in [0.15, 0.2) is 35.3 Å². The molecule has 24 heavy (non-hydrogen) atoms. The van der Waals surface area contributed by atoms with Gasteiger partial charge in [-0.3, -0.25) is 9.59 Å². The van der Waals surface area contributed by atoms with Gasteiger partial charge in [0.15, 0.2) is 0 Å². The highest BCUT2D eigenvalue weighted by molar-refractivity contribution is 7.17. The van der Waals surface area contributed by atoms with Gasteiger partial charge in [0.25, 0.3) is 5.91 Å². The van der Waals surface area contributed by atoms with Crippen LogP contribution in [0.3, 0.4) is 0 Å². The van der Waals surface area contributed by atoms with Crippen molar-refractivity contribution < 1.29 is 9.59 Å². The summed E-state index contributed by atoms with van der Waals surface area (Å²) in [5, 5.41) is 5.84. The van der Waals surface area contributed by atoms with Crippen molar-refractivity contribution in [1.82, 2.24) is 10.6 Å². The van der Waals surface area contributed by atoms with Crippen LogP contribution in [0.1, 0.15) is 22.0 Å². The average Bonchev–Trinajstić information content (AvgIpc) is 3.19. The molecular weight excluding hydrogens is 346 g/mol. The van der Waals surface area contributed by atoms with E-state index in [0.717, 1.165) is 21.7 Å². The molecule has 1 aliphatic carbocycles. The Morgan fingerprint density at radius 3 is 3.00 bits per heavy atom. The number of rotatable bonds is 4. The fourth-order valence-corrected chi connectivity index (χ4v) is 4.54. The maximum atomic E-state index is 12.6. The molecule has 0 fully saturated rings. The first-order valence-corrected chi connectivity index (χ1v) is 8.79. The second-order valence-electron chi connectivity index (χ2n) is 5.84. The standard InChI is InChI=1S/C17H14ClN3O2S/c18-15-7-11-14(24-15)6-13(20-11)17(23)21-12-5-9-3-1-2-4-10(9)16(12)19-8-22/h1-4,7-8,12,16H,5-6H2,(H,19,22)(H,21,23)/t12-,16-/m1/s1. The van der Waals surface area contributed by atoms with Crippen molar-refractivity contribution in [3.63, 3.8) is 0 Å². The SMILES string of the molecule is O=CN[C@@H]1c2ccccc2C[C@H]1NC(=O)C1=Nc2cc(Cl)sc2C1. The number of carbonyl (C=O) groups excluding carboxylic acids is 2. The second kappa shape index (κ2) is 6.03. The Hall–Kier alpha value is -2.18. The Labute approximate surface area is 147 Å². The molecule has 0 saturated heterocycles. The summed E-state index contributed by atoms with van der Waals surface area (Å²) in [7, 11) is 0. The molecule has 2 N–H and O–H groups in total. The number of halogens is 1. The first kappa shape index (κ1) is 15.4. The number of amides is 2. The summed E-state index contributed by atoms with van der Waals surface area (Å²) in [5.41, 5.74) is 3.47. The van der Waals surface area contributed by atoms with Crippen LogP contribution in [0.25, 0.3) is 0 Å². The van der Waals surface area contributed by atoms with Crippen LogP contribution in [-0.2, 0) is 22.4 Å². The normalized spacial score (nSPS) is 21.0. The highest BCUT2D eigenvalue weighted by Crippen LogP contribution is 2.37. The molecule has 5 nitrogen and oxygen atoms in total. The van der Waals surface area contributed by atoms with Gasteiger partial charge in [-0.2, -0.15) is 0 Å². The van der Waals surface area contributed by atoms with Crippen LogP contribution in [0.2, 0.25) is 4.34 Å². The maximum absolute atomic E-state index is 12.6. The number of thiophene rings is 1. The first-order valence-electron chi connectivity index (χ1n) is 7.60. The van der Waals surface area contributed by atoms with Gasteiger partial charge >= 0.3 is 0 Å². The van der Waals surface area contributed by atoms with Gasteiger partial charge in [0.05, 0.1) is 22.1 Å². The molecule has 0 spiro atoms. The second-order valence-corrected chi connectivity index (χ2v) is 7.61. The minimum absolute atomic E-state index is 0.176. The van der Waals surface area contributed by atoms with E-state index in [2.05, 4.69) is 15.6 Å². The van der Waals surface area contributed by atoms with Gasteiger partial charge in [-0.1, -0.05) is 35.9 Å². The minimum Gasteiger partial charge on any atom is -0.350 e. The molecule has 4 rings (SSSR count). The lowest BCUT2D eigenvalue weighted by Crippen LogP contribution is -2.45. The van der Waals surface area contributed by atoms with Crippen molar-refractivity contribution in [2.45, 2.75) is 24.9 Å². The lowest BCUT2D eigenvalue weighted by atomic mass is 10.1. The molecule has 2 amide bonds. The third kappa shape index (κ3) is 2.61. The quantitative estimate of drug-likeness (QED) is 0.823. The fraction of sp³-hybridized carbons (Fsp3) is 0.235. The summed E-state index contributed by atoms with van der Waals surface area (Å²) in [6, 6.07) is 9.29. The Balaban J connectivity index is 1.51. The number of aliphatic imine (C=N–C) groups is 1. The van der Waals surface area contributed by atoms with E-state index in [9.17, 15) is 9.59 Å². The number of hydrogen-bond donors (Lipinski definition) is 2. The van der Waals surface area contributed by atoms with E-state index in [1.54, 1.807) is 6.07 Å². The van der Waals surface area contributed by atoms with E-state index in [1.165, 1.54) is 11.3 Å².